The van der Waals surface area contributed by atoms with Crippen LogP contribution in [0, 0.1) is 12.7 Å². The van der Waals surface area contributed by atoms with Crippen molar-refractivity contribution in [3.63, 3.8) is 0 Å². The second kappa shape index (κ2) is 8.22. The molecule has 1 unspecified atom stereocenters. The molecule has 1 atom stereocenters. The van der Waals surface area contributed by atoms with Gasteiger partial charge in [-0.2, -0.15) is 0 Å². The number of benzene rings is 1. The lowest BCUT2D eigenvalue weighted by Gasteiger charge is -2.28. The zero-order valence-electron chi connectivity index (χ0n) is 12.7. The van der Waals surface area contributed by atoms with Crippen molar-refractivity contribution in [1.29, 1.82) is 0 Å². The third kappa shape index (κ3) is 5.47. The Morgan fingerprint density at radius 2 is 2.10 bits per heavy atom. The molecule has 1 aromatic carbocycles. The molecular formula is C16H26FNO2. The Bertz CT molecular complexity index is 411. The van der Waals surface area contributed by atoms with Crippen LogP contribution in [0.3, 0.4) is 0 Å². The van der Waals surface area contributed by atoms with E-state index in [1.165, 1.54) is 6.07 Å². The fourth-order valence-corrected chi connectivity index (χ4v) is 2.12. The summed E-state index contributed by atoms with van der Waals surface area (Å²) in [7, 11) is 0. The molecule has 1 aromatic rings. The average molecular weight is 283 g/mol. The van der Waals surface area contributed by atoms with E-state index in [-0.39, 0.29) is 18.0 Å². The molecule has 0 aromatic heterocycles. The van der Waals surface area contributed by atoms with E-state index in [0.717, 1.165) is 25.8 Å². The van der Waals surface area contributed by atoms with E-state index in [4.69, 9.17) is 4.74 Å². The number of rotatable bonds is 9. The molecular weight excluding hydrogens is 257 g/mol. The van der Waals surface area contributed by atoms with Gasteiger partial charge in [0, 0.05) is 11.6 Å². The lowest BCUT2D eigenvalue weighted by atomic mass is 9.96. The van der Waals surface area contributed by atoms with Crippen LogP contribution in [0.15, 0.2) is 18.2 Å². The Morgan fingerprint density at radius 1 is 1.35 bits per heavy atom. The minimum absolute atomic E-state index is 0.130. The van der Waals surface area contributed by atoms with Crippen molar-refractivity contribution in [3.8, 4) is 5.75 Å². The maximum absolute atomic E-state index is 13.3. The summed E-state index contributed by atoms with van der Waals surface area (Å²) < 4.78 is 18.9. The lowest BCUT2D eigenvalue weighted by Crippen LogP contribution is -2.45. The van der Waals surface area contributed by atoms with E-state index >= 15 is 0 Å². The van der Waals surface area contributed by atoms with E-state index in [1.807, 2.05) is 13.8 Å². The van der Waals surface area contributed by atoms with Gasteiger partial charge in [-0.25, -0.2) is 4.39 Å². The van der Waals surface area contributed by atoms with Gasteiger partial charge in [-0.1, -0.05) is 13.0 Å². The van der Waals surface area contributed by atoms with E-state index < -0.39 is 0 Å². The molecule has 0 saturated heterocycles. The predicted molar refractivity (Wildman–Crippen MR) is 79.7 cm³/mol. The average Bonchev–Trinajstić information content (AvgIpc) is 2.42. The third-order valence-electron chi connectivity index (χ3n) is 3.49. The maximum atomic E-state index is 13.3. The van der Waals surface area contributed by atoms with Crippen LogP contribution in [-0.4, -0.2) is 30.4 Å². The van der Waals surface area contributed by atoms with E-state index in [2.05, 4.69) is 5.32 Å². The number of halogens is 1. The van der Waals surface area contributed by atoms with Crippen LogP contribution in [-0.2, 0) is 0 Å². The molecule has 0 saturated carbocycles. The van der Waals surface area contributed by atoms with Crippen molar-refractivity contribution >= 4 is 0 Å². The van der Waals surface area contributed by atoms with Crippen molar-refractivity contribution in [2.45, 2.75) is 45.6 Å². The molecule has 0 aliphatic rings. The van der Waals surface area contributed by atoms with Gasteiger partial charge in [0.2, 0.25) is 0 Å². The fourth-order valence-electron chi connectivity index (χ4n) is 2.12. The number of ether oxygens (including phenoxy) is 1. The highest BCUT2D eigenvalue weighted by Gasteiger charge is 2.20. The molecule has 0 bridgehead atoms. The van der Waals surface area contributed by atoms with E-state index in [9.17, 15) is 9.50 Å². The highest BCUT2D eigenvalue weighted by molar-refractivity contribution is 5.27. The maximum Gasteiger partial charge on any atom is 0.129 e. The summed E-state index contributed by atoms with van der Waals surface area (Å²) in [5.41, 5.74) is 0.409. The number of aliphatic hydroxyl groups is 1. The Labute approximate surface area is 121 Å². The number of nitrogens with one attached hydrogen (secondary N) is 1. The highest BCUT2D eigenvalue weighted by Crippen LogP contribution is 2.17. The monoisotopic (exact) mass is 283 g/mol. The molecule has 0 aliphatic heterocycles. The first kappa shape index (κ1) is 16.9. The molecule has 0 radical (unpaired) electrons. The molecule has 20 heavy (non-hydrogen) atoms. The van der Waals surface area contributed by atoms with Crippen molar-refractivity contribution in [1.82, 2.24) is 5.32 Å². The summed E-state index contributed by atoms with van der Waals surface area (Å²) >= 11 is 0. The van der Waals surface area contributed by atoms with Gasteiger partial charge < -0.3 is 15.2 Å². The Balaban J connectivity index is 2.26. The first-order valence-corrected chi connectivity index (χ1v) is 7.25. The number of aliphatic hydroxyl groups excluding tert-OH is 1. The SMILES string of the molecule is CCNC(C)(CO)CCCCOc1ccc(C)c(F)c1. The van der Waals surface area contributed by atoms with Crippen molar-refractivity contribution in [2.24, 2.45) is 0 Å². The number of likely N-dealkylation sites (N-methyl/N-ethyl adjacent to an activating group) is 1. The number of hydrogen-bond acceptors (Lipinski definition) is 3. The van der Waals surface area contributed by atoms with Gasteiger partial charge >= 0.3 is 0 Å². The van der Waals surface area contributed by atoms with Gasteiger partial charge in [0.25, 0.3) is 0 Å². The number of aryl methyl sites for hydroxylation is 1. The zero-order chi connectivity index (χ0) is 15.0. The summed E-state index contributed by atoms with van der Waals surface area (Å²) in [5.74, 6) is 0.340. The number of unbranched alkanes of at least 4 members (excludes halogenated alkanes) is 1. The summed E-state index contributed by atoms with van der Waals surface area (Å²) in [6, 6.07) is 4.93. The number of hydrogen-bond donors (Lipinski definition) is 2. The highest BCUT2D eigenvalue weighted by atomic mass is 19.1. The molecule has 2 N–H and O–H groups in total. The summed E-state index contributed by atoms with van der Waals surface area (Å²) in [6.45, 7) is 7.32. The van der Waals surface area contributed by atoms with Crippen LogP contribution in [0.25, 0.3) is 0 Å². The van der Waals surface area contributed by atoms with Crippen LogP contribution < -0.4 is 10.1 Å². The smallest absolute Gasteiger partial charge is 0.129 e. The molecule has 0 aliphatic carbocycles. The van der Waals surface area contributed by atoms with Crippen LogP contribution in [0.1, 0.15) is 38.7 Å². The minimum atomic E-state index is -0.234. The largest absolute Gasteiger partial charge is 0.493 e. The van der Waals surface area contributed by atoms with Crippen LogP contribution in [0.4, 0.5) is 4.39 Å². The first-order valence-electron chi connectivity index (χ1n) is 7.25. The van der Waals surface area contributed by atoms with Crippen molar-refractivity contribution < 1.29 is 14.2 Å². The van der Waals surface area contributed by atoms with E-state index in [0.29, 0.717) is 17.9 Å². The van der Waals surface area contributed by atoms with Crippen LogP contribution in [0.2, 0.25) is 0 Å². The normalized spacial score (nSPS) is 14.1. The quantitative estimate of drug-likeness (QED) is 0.684. The zero-order valence-corrected chi connectivity index (χ0v) is 12.7. The van der Waals surface area contributed by atoms with Gasteiger partial charge in [-0.3, -0.25) is 0 Å². The van der Waals surface area contributed by atoms with Crippen LogP contribution in [0.5, 0.6) is 5.75 Å². The second-order valence-corrected chi connectivity index (χ2v) is 5.47. The molecule has 4 heteroatoms. The second-order valence-electron chi connectivity index (χ2n) is 5.47. The molecule has 114 valence electrons. The van der Waals surface area contributed by atoms with Gasteiger partial charge in [0.05, 0.1) is 13.2 Å². The van der Waals surface area contributed by atoms with Gasteiger partial charge in [-0.05, 0) is 51.3 Å². The van der Waals surface area contributed by atoms with Crippen molar-refractivity contribution in [2.75, 3.05) is 19.8 Å². The minimum Gasteiger partial charge on any atom is -0.493 e. The van der Waals surface area contributed by atoms with Crippen molar-refractivity contribution in [3.05, 3.63) is 29.6 Å². The third-order valence-corrected chi connectivity index (χ3v) is 3.49. The Kier molecular flexibility index (Phi) is 6.96. The fraction of sp³-hybridized carbons (Fsp3) is 0.625. The molecule has 1 rings (SSSR count). The van der Waals surface area contributed by atoms with Gasteiger partial charge in [0.15, 0.2) is 0 Å². The van der Waals surface area contributed by atoms with Crippen LogP contribution >= 0.6 is 0 Å². The van der Waals surface area contributed by atoms with Gasteiger partial charge in [0.1, 0.15) is 11.6 Å². The van der Waals surface area contributed by atoms with E-state index in [1.54, 1.807) is 19.1 Å². The molecule has 0 amide bonds. The first-order chi connectivity index (χ1) is 9.50. The predicted octanol–water partition coefficient (Wildman–Crippen LogP) is 3.04. The summed E-state index contributed by atoms with van der Waals surface area (Å²) in [4.78, 5) is 0. The molecule has 0 spiro atoms. The Hall–Kier alpha value is -1.13. The molecule has 0 fully saturated rings. The Morgan fingerprint density at radius 3 is 2.70 bits per heavy atom. The molecule has 3 nitrogen and oxygen atoms in total. The standard InChI is InChI=1S/C16H26FNO2/c1-4-18-16(3,12-19)9-5-6-10-20-14-8-7-13(2)15(17)11-14/h7-8,11,18-19H,4-6,9-10,12H2,1-3H3. The topological polar surface area (TPSA) is 41.5 Å². The molecule has 0 heterocycles. The lowest BCUT2D eigenvalue weighted by molar-refractivity contribution is 0.162. The van der Waals surface area contributed by atoms with Gasteiger partial charge in [-0.15, -0.1) is 0 Å². The summed E-state index contributed by atoms with van der Waals surface area (Å²) in [6.07, 6.45) is 2.73. The summed E-state index contributed by atoms with van der Waals surface area (Å²) in [5, 5.41) is 12.7.